The van der Waals surface area contributed by atoms with E-state index < -0.39 is 17.6 Å². The molecule has 1 aromatic carbocycles. The average Bonchev–Trinajstić information content (AvgIpc) is 2.91. The Labute approximate surface area is 228 Å². The molecule has 1 saturated heterocycles. The second kappa shape index (κ2) is 12.4. The molecule has 3 rings (SSSR count). The number of hydrogen-bond donors (Lipinski definition) is 2. The number of ether oxygens (including phenoxy) is 2. The van der Waals surface area contributed by atoms with Crippen LogP contribution in [0, 0.1) is 5.41 Å². The fourth-order valence-electron chi connectivity index (χ4n) is 4.89. The molecule has 4 amide bonds. The Bertz CT molecular complexity index is 1130. The molecule has 0 aromatic heterocycles. The molecular formula is C27H39N5O7. The van der Waals surface area contributed by atoms with Crippen molar-refractivity contribution < 1.29 is 33.8 Å². The zero-order chi connectivity index (χ0) is 28.9. The fourth-order valence-corrected chi connectivity index (χ4v) is 4.89. The number of carbonyl (C=O) groups is 4. The molecule has 0 radical (unpaired) electrons. The van der Waals surface area contributed by atoms with E-state index in [1.807, 2.05) is 32.0 Å². The normalized spacial score (nSPS) is 18.2. The van der Waals surface area contributed by atoms with E-state index in [0.29, 0.717) is 43.9 Å². The van der Waals surface area contributed by atoms with Gasteiger partial charge in [0.25, 0.3) is 0 Å². The van der Waals surface area contributed by atoms with E-state index in [1.165, 1.54) is 4.90 Å². The van der Waals surface area contributed by atoms with Gasteiger partial charge in [0.05, 0.1) is 31.4 Å². The van der Waals surface area contributed by atoms with E-state index >= 15 is 0 Å². The minimum atomic E-state index is -1.32. The maximum absolute atomic E-state index is 13.4. The maximum Gasteiger partial charge on any atom is 0.405 e. The van der Waals surface area contributed by atoms with E-state index in [9.17, 15) is 24.3 Å². The second-order valence-electron chi connectivity index (χ2n) is 10.7. The van der Waals surface area contributed by atoms with Gasteiger partial charge in [-0.3, -0.25) is 14.4 Å². The lowest BCUT2D eigenvalue weighted by molar-refractivity contribution is -0.145. The highest BCUT2D eigenvalue weighted by Gasteiger charge is 2.42. The van der Waals surface area contributed by atoms with Gasteiger partial charge >= 0.3 is 6.09 Å². The topological polar surface area (TPSA) is 141 Å². The lowest BCUT2D eigenvalue weighted by atomic mass is 9.82. The van der Waals surface area contributed by atoms with E-state index in [-0.39, 0.29) is 36.6 Å². The van der Waals surface area contributed by atoms with Crippen molar-refractivity contribution in [3.63, 3.8) is 0 Å². The van der Waals surface area contributed by atoms with Gasteiger partial charge in [-0.1, -0.05) is 13.8 Å². The maximum atomic E-state index is 13.4. The number of carboxylic acid groups (broad SMARTS) is 1. The van der Waals surface area contributed by atoms with Crippen molar-refractivity contribution in [2.24, 2.45) is 10.5 Å². The highest BCUT2D eigenvalue weighted by atomic mass is 16.5. The predicted molar refractivity (Wildman–Crippen MR) is 144 cm³/mol. The molecule has 0 spiro atoms. The first-order chi connectivity index (χ1) is 18.4. The molecule has 2 heterocycles. The summed E-state index contributed by atoms with van der Waals surface area (Å²) in [6, 6.07) is 4.31. The number of amides is 4. The molecule has 2 N–H and O–H groups in total. The number of hydrazone groups is 1. The van der Waals surface area contributed by atoms with Crippen molar-refractivity contribution in [3.05, 3.63) is 23.8 Å². The van der Waals surface area contributed by atoms with Gasteiger partial charge < -0.3 is 29.7 Å². The Balaban J connectivity index is 1.74. The summed E-state index contributed by atoms with van der Waals surface area (Å²) in [6.07, 6.45) is 0.243. The fraction of sp³-hybridized carbons (Fsp3) is 0.593. The summed E-state index contributed by atoms with van der Waals surface area (Å²) in [7, 11) is 6.35. The molecule has 0 unspecified atom stereocenters. The molecule has 2 aliphatic heterocycles. The molecular weight excluding hydrogens is 506 g/mol. The molecule has 39 heavy (non-hydrogen) atoms. The van der Waals surface area contributed by atoms with Gasteiger partial charge in [0.2, 0.25) is 17.7 Å². The van der Waals surface area contributed by atoms with Crippen LogP contribution in [-0.2, 0) is 14.4 Å². The van der Waals surface area contributed by atoms with Gasteiger partial charge in [-0.15, -0.1) is 0 Å². The van der Waals surface area contributed by atoms with Crippen LogP contribution in [0.5, 0.6) is 11.5 Å². The first kappa shape index (κ1) is 29.7. The Kier molecular flexibility index (Phi) is 9.41. The van der Waals surface area contributed by atoms with E-state index in [1.54, 1.807) is 38.2 Å². The van der Waals surface area contributed by atoms with Gasteiger partial charge in [-0.05, 0) is 37.5 Å². The second-order valence-corrected chi connectivity index (χ2v) is 10.7. The Morgan fingerprint density at radius 2 is 1.79 bits per heavy atom. The van der Waals surface area contributed by atoms with Crippen molar-refractivity contribution in [3.8, 4) is 11.5 Å². The van der Waals surface area contributed by atoms with Crippen molar-refractivity contribution in [1.82, 2.24) is 20.1 Å². The van der Waals surface area contributed by atoms with Crippen LogP contribution in [0.15, 0.2) is 23.3 Å². The third-order valence-corrected chi connectivity index (χ3v) is 7.21. The van der Waals surface area contributed by atoms with E-state index in [4.69, 9.17) is 14.6 Å². The monoisotopic (exact) mass is 545 g/mol. The van der Waals surface area contributed by atoms with Gasteiger partial charge in [0.1, 0.15) is 6.04 Å². The number of benzene rings is 1. The number of carbonyl (C=O) groups excluding carboxylic acids is 3. The first-order valence-electron chi connectivity index (χ1n) is 13.0. The third-order valence-electron chi connectivity index (χ3n) is 7.21. The largest absolute Gasteiger partial charge is 0.493 e. The summed E-state index contributed by atoms with van der Waals surface area (Å²) in [5, 5.41) is 17.8. The van der Waals surface area contributed by atoms with Gasteiger partial charge in [-0.25, -0.2) is 9.80 Å². The molecule has 0 saturated carbocycles. The van der Waals surface area contributed by atoms with Gasteiger partial charge in [-0.2, -0.15) is 5.10 Å². The van der Waals surface area contributed by atoms with Crippen molar-refractivity contribution in [2.75, 3.05) is 41.4 Å². The van der Waals surface area contributed by atoms with E-state index in [0.717, 1.165) is 11.3 Å². The molecule has 1 atom stereocenters. The predicted octanol–water partition coefficient (Wildman–Crippen LogP) is 2.16. The van der Waals surface area contributed by atoms with Crippen molar-refractivity contribution in [1.29, 1.82) is 0 Å². The number of nitrogens with one attached hydrogen (secondary N) is 1. The number of rotatable bonds is 9. The lowest BCUT2D eigenvalue weighted by Gasteiger charge is -2.42. The minimum Gasteiger partial charge on any atom is -0.493 e. The van der Waals surface area contributed by atoms with Gasteiger partial charge in [0.15, 0.2) is 11.5 Å². The summed E-state index contributed by atoms with van der Waals surface area (Å²) in [5.74, 6) is 0.533. The van der Waals surface area contributed by atoms with Crippen LogP contribution in [0.25, 0.3) is 0 Å². The minimum absolute atomic E-state index is 0.0468. The first-order valence-corrected chi connectivity index (χ1v) is 13.0. The SMILES string of the molecule is COc1ccc(C2=NN(C3CCN(C(=O)[C@@H](CCC(=O)N(C)C)NC(=O)O)CC3)C(=O)C(C)(C)C2)cc1OC. The molecule has 1 aromatic rings. The molecule has 0 bridgehead atoms. The van der Waals surface area contributed by atoms with Crippen LogP contribution < -0.4 is 14.8 Å². The number of piperidine rings is 1. The smallest absolute Gasteiger partial charge is 0.405 e. The third kappa shape index (κ3) is 6.98. The zero-order valence-corrected chi connectivity index (χ0v) is 23.5. The Morgan fingerprint density at radius 3 is 2.36 bits per heavy atom. The summed E-state index contributed by atoms with van der Waals surface area (Å²) in [4.78, 5) is 52.8. The van der Waals surface area contributed by atoms with Crippen LogP contribution in [0.4, 0.5) is 4.79 Å². The molecule has 0 aliphatic carbocycles. The number of methoxy groups -OCH3 is 2. The molecule has 1 fully saturated rings. The van der Waals surface area contributed by atoms with Crippen LogP contribution in [-0.4, -0.2) is 103 Å². The quantitative estimate of drug-likeness (QED) is 0.484. The van der Waals surface area contributed by atoms with Crippen molar-refractivity contribution >= 4 is 29.5 Å². The molecule has 12 nitrogen and oxygen atoms in total. The molecule has 2 aliphatic rings. The number of hydrogen-bond acceptors (Lipinski definition) is 7. The highest BCUT2D eigenvalue weighted by Crippen LogP contribution is 2.36. The number of nitrogens with zero attached hydrogens (tertiary/aromatic N) is 4. The Hall–Kier alpha value is -3.83. The summed E-state index contributed by atoms with van der Waals surface area (Å²) < 4.78 is 10.8. The summed E-state index contributed by atoms with van der Waals surface area (Å²) >= 11 is 0. The highest BCUT2D eigenvalue weighted by molar-refractivity contribution is 6.06. The van der Waals surface area contributed by atoms with Crippen LogP contribution >= 0.6 is 0 Å². The number of likely N-dealkylation sites (tertiary alicyclic amines) is 1. The molecule has 214 valence electrons. The van der Waals surface area contributed by atoms with E-state index in [2.05, 4.69) is 5.32 Å². The standard InChI is InChI=1S/C27H39N5O7/c1-27(2)16-20(17-7-9-21(38-5)22(15-17)39-6)29-32(25(27)35)18-11-13-31(14-12-18)24(34)19(28-26(36)37)8-10-23(33)30(3)4/h7,9,15,18-19,28H,8,10-14,16H2,1-6H3,(H,36,37)/t19-/m1/s1. The van der Waals surface area contributed by atoms with Gasteiger partial charge in [0, 0.05) is 45.6 Å². The summed E-state index contributed by atoms with van der Waals surface area (Å²) in [6.45, 7) is 4.48. The van der Waals surface area contributed by atoms with Crippen LogP contribution in [0.3, 0.4) is 0 Å². The lowest BCUT2D eigenvalue weighted by Crippen LogP contribution is -2.55. The van der Waals surface area contributed by atoms with Crippen molar-refractivity contribution in [2.45, 2.75) is 58.0 Å². The van der Waals surface area contributed by atoms with Crippen LogP contribution in [0.2, 0.25) is 0 Å². The summed E-state index contributed by atoms with van der Waals surface area (Å²) in [5.41, 5.74) is 0.920. The van der Waals surface area contributed by atoms with Crippen LogP contribution in [0.1, 0.15) is 51.5 Å². The average molecular weight is 546 g/mol. The molecule has 12 heteroatoms. The Morgan fingerprint density at radius 1 is 1.15 bits per heavy atom. The zero-order valence-electron chi connectivity index (χ0n) is 23.5.